The van der Waals surface area contributed by atoms with E-state index in [4.69, 9.17) is 0 Å². The quantitative estimate of drug-likeness (QED) is 0.723. The van der Waals surface area contributed by atoms with Crippen LogP contribution in [0.5, 0.6) is 0 Å². The highest BCUT2D eigenvalue weighted by Crippen LogP contribution is 2.26. The third-order valence-electron chi connectivity index (χ3n) is 3.99. The van der Waals surface area contributed by atoms with Gasteiger partial charge in [-0.3, -0.25) is 4.79 Å². The van der Waals surface area contributed by atoms with Crippen LogP contribution in [-0.4, -0.2) is 48.2 Å². The molecular weight excluding hydrogens is 228 g/mol. The van der Waals surface area contributed by atoms with E-state index in [1.165, 1.54) is 6.42 Å². The molecule has 0 aliphatic heterocycles. The fourth-order valence-electron chi connectivity index (χ4n) is 2.65. The number of hydrogen-bond donors (Lipinski definition) is 2. The van der Waals surface area contributed by atoms with E-state index in [2.05, 4.69) is 24.1 Å². The van der Waals surface area contributed by atoms with Crippen molar-refractivity contribution in [1.29, 1.82) is 0 Å². The fraction of sp³-hybridized carbons (Fsp3) is 0.929. The van der Waals surface area contributed by atoms with Crippen molar-refractivity contribution < 1.29 is 9.90 Å². The lowest BCUT2D eigenvalue weighted by molar-refractivity contribution is -0.132. The van der Waals surface area contributed by atoms with E-state index >= 15 is 0 Å². The van der Waals surface area contributed by atoms with E-state index in [1.807, 2.05) is 0 Å². The molecule has 0 radical (unpaired) electrons. The highest BCUT2D eigenvalue weighted by Gasteiger charge is 2.27. The minimum atomic E-state index is -0.804. The van der Waals surface area contributed by atoms with Gasteiger partial charge in [-0.1, -0.05) is 33.1 Å². The summed E-state index contributed by atoms with van der Waals surface area (Å²) in [7, 11) is 0. The van der Waals surface area contributed by atoms with Gasteiger partial charge in [0, 0.05) is 13.1 Å². The Balaban J connectivity index is 2.22. The number of nitrogens with zero attached hydrogens (tertiary/aromatic N) is 1. The zero-order valence-electron chi connectivity index (χ0n) is 11.8. The Hall–Kier alpha value is -0.610. The maximum atomic E-state index is 11.8. The molecule has 2 N–H and O–H groups in total. The number of aliphatic hydroxyl groups excluding tert-OH is 1. The van der Waals surface area contributed by atoms with Crippen LogP contribution in [0.4, 0.5) is 0 Å². The van der Waals surface area contributed by atoms with E-state index in [1.54, 1.807) is 0 Å². The number of hydrogen-bond acceptors (Lipinski definition) is 3. The van der Waals surface area contributed by atoms with Crippen molar-refractivity contribution in [2.45, 2.75) is 52.1 Å². The molecule has 0 spiro atoms. The van der Waals surface area contributed by atoms with Crippen LogP contribution < -0.4 is 5.32 Å². The van der Waals surface area contributed by atoms with Crippen LogP contribution in [0.25, 0.3) is 0 Å². The van der Waals surface area contributed by atoms with Crippen LogP contribution in [0.3, 0.4) is 0 Å². The van der Waals surface area contributed by atoms with Crippen LogP contribution in [-0.2, 0) is 4.79 Å². The summed E-state index contributed by atoms with van der Waals surface area (Å²) in [6.07, 6.45) is 4.72. The first-order valence-corrected chi connectivity index (χ1v) is 7.37. The van der Waals surface area contributed by atoms with Gasteiger partial charge in [0.25, 0.3) is 0 Å². The summed E-state index contributed by atoms with van der Waals surface area (Å²) in [5.41, 5.74) is 0. The highest BCUT2D eigenvalue weighted by atomic mass is 16.3. The minimum Gasteiger partial charge on any atom is -0.383 e. The standard InChI is InChI=1S/C14H28N2O2/c1-3-16(4-2)11-10-15-14(18)13(17)12-8-6-5-7-9-12/h12-13,17H,3-11H2,1-2H3,(H,15,18). The normalized spacial score (nSPS) is 18.9. The molecule has 4 nitrogen and oxygen atoms in total. The van der Waals surface area contributed by atoms with Gasteiger partial charge >= 0.3 is 0 Å². The molecule has 1 amide bonds. The molecule has 0 aromatic rings. The van der Waals surface area contributed by atoms with Crippen molar-refractivity contribution >= 4 is 5.91 Å². The molecule has 1 fully saturated rings. The molecule has 1 saturated carbocycles. The van der Waals surface area contributed by atoms with Crippen LogP contribution in [0.15, 0.2) is 0 Å². The van der Waals surface area contributed by atoms with Gasteiger partial charge in [0.15, 0.2) is 0 Å². The zero-order valence-corrected chi connectivity index (χ0v) is 11.8. The summed E-state index contributed by atoms with van der Waals surface area (Å²) < 4.78 is 0. The molecule has 1 aliphatic rings. The molecule has 1 unspecified atom stereocenters. The largest absolute Gasteiger partial charge is 0.383 e. The van der Waals surface area contributed by atoms with Crippen molar-refractivity contribution in [3.63, 3.8) is 0 Å². The van der Waals surface area contributed by atoms with Gasteiger partial charge < -0.3 is 15.3 Å². The molecule has 1 aliphatic carbocycles. The average Bonchev–Trinajstić information content (AvgIpc) is 2.43. The SMILES string of the molecule is CCN(CC)CCNC(=O)C(O)C1CCCCC1. The topological polar surface area (TPSA) is 52.6 Å². The molecule has 1 atom stereocenters. The van der Waals surface area contributed by atoms with Gasteiger partial charge in [-0.15, -0.1) is 0 Å². The smallest absolute Gasteiger partial charge is 0.249 e. The van der Waals surface area contributed by atoms with Gasteiger partial charge in [0.05, 0.1) is 0 Å². The maximum Gasteiger partial charge on any atom is 0.249 e. The van der Waals surface area contributed by atoms with Crippen molar-refractivity contribution in [1.82, 2.24) is 10.2 Å². The second-order valence-electron chi connectivity index (χ2n) is 5.16. The zero-order chi connectivity index (χ0) is 13.4. The van der Waals surface area contributed by atoms with E-state index in [-0.39, 0.29) is 11.8 Å². The first-order chi connectivity index (χ1) is 8.69. The monoisotopic (exact) mass is 256 g/mol. The number of carbonyl (C=O) groups is 1. The van der Waals surface area contributed by atoms with Crippen LogP contribution in [0.1, 0.15) is 46.0 Å². The number of amides is 1. The van der Waals surface area contributed by atoms with Crippen LogP contribution in [0.2, 0.25) is 0 Å². The second kappa shape index (κ2) is 8.48. The minimum absolute atomic E-state index is 0.173. The molecule has 18 heavy (non-hydrogen) atoms. The summed E-state index contributed by atoms with van der Waals surface area (Å²) in [6, 6.07) is 0. The lowest BCUT2D eigenvalue weighted by Crippen LogP contribution is -2.43. The van der Waals surface area contributed by atoms with Crippen molar-refractivity contribution in [3.05, 3.63) is 0 Å². The Kier molecular flexibility index (Phi) is 7.28. The Bertz CT molecular complexity index is 236. The van der Waals surface area contributed by atoms with Gasteiger partial charge in [0.2, 0.25) is 5.91 Å². The van der Waals surface area contributed by atoms with E-state index in [0.29, 0.717) is 6.54 Å². The molecule has 0 saturated heterocycles. The fourth-order valence-corrected chi connectivity index (χ4v) is 2.65. The van der Waals surface area contributed by atoms with E-state index in [9.17, 15) is 9.90 Å². The van der Waals surface area contributed by atoms with Crippen molar-refractivity contribution in [2.24, 2.45) is 5.92 Å². The first kappa shape index (κ1) is 15.4. The Morgan fingerprint density at radius 3 is 2.44 bits per heavy atom. The molecule has 0 heterocycles. The number of aliphatic hydroxyl groups is 1. The molecule has 4 heteroatoms. The number of nitrogens with one attached hydrogen (secondary N) is 1. The Labute approximate surface area is 111 Å². The summed E-state index contributed by atoms with van der Waals surface area (Å²) in [5, 5.41) is 12.8. The maximum absolute atomic E-state index is 11.8. The van der Waals surface area contributed by atoms with Crippen molar-refractivity contribution in [3.8, 4) is 0 Å². The molecule has 0 aromatic carbocycles. The van der Waals surface area contributed by atoms with Gasteiger partial charge in [0.1, 0.15) is 6.10 Å². The summed E-state index contributed by atoms with van der Waals surface area (Å²) in [6.45, 7) is 7.71. The summed E-state index contributed by atoms with van der Waals surface area (Å²) >= 11 is 0. The van der Waals surface area contributed by atoms with Gasteiger partial charge in [-0.2, -0.15) is 0 Å². The Morgan fingerprint density at radius 1 is 1.28 bits per heavy atom. The molecule has 0 aromatic heterocycles. The molecular formula is C14H28N2O2. The predicted octanol–water partition coefficient (Wildman–Crippen LogP) is 1.39. The third-order valence-corrected chi connectivity index (χ3v) is 3.99. The highest BCUT2D eigenvalue weighted by molar-refractivity contribution is 5.80. The van der Waals surface area contributed by atoms with E-state index in [0.717, 1.165) is 45.3 Å². The summed E-state index contributed by atoms with van der Waals surface area (Å²) in [5.74, 6) is -0.0127. The van der Waals surface area contributed by atoms with Crippen molar-refractivity contribution in [2.75, 3.05) is 26.2 Å². The molecule has 0 bridgehead atoms. The Morgan fingerprint density at radius 2 is 1.89 bits per heavy atom. The lowest BCUT2D eigenvalue weighted by atomic mass is 9.85. The summed E-state index contributed by atoms with van der Waals surface area (Å²) in [4.78, 5) is 14.1. The third kappa shape index (κ3) is 4.94. The lowest BCUT2D eigenvalue weighted by Gasteiger charge is -2.26. The number of rotatable bonds is 7. The van der Waals surface area contributed by atoms with E-state index < -0.39 is 6.10 Å². The van der Waals surface area contributed by atoms with Crippen LogP contribution >= 0.6 is 0 Å². The van der Waals surface area contributed by atoms with Gasteiger partial charge in [-0.05, 0) is 31.8 Å². The molecule has 106 valence electrons. The molecule has 1 rings (SSSR count). The number of carbonyl (C=O) groups excluding carboxylic acids is 1. The first-order valence-electron chi connectivity index (χ1n) is 7.37. The van der Waals surface area contributed by atoms with Gasteiger partial charge in [-0.25, -0.2) is 0 Å². The second-order valence-corrected chi connectivity index (χ2v) is 5.16. The van der Waals surface area contributed by atoms with Crippen LogP contribution in [0, 0.1) is 5.92 Å². The number of likely N-dealkylation sites (N-methyl/N-ethyl adjacent to an activating group) is 1. The predicted molar refractivity (Wildman–Crippen MR) is 73.4 cm³/mol. The average molecular weight is 256 g/mol.